The van der Waals surface area contributed by atoms with E-state index in [0.717, 1.165) is 15.8 Å². The standard InChI is InChI=1S/C17H16F3N5O2/c1-9-5-4-6-11(7-9)14-22-16(27-24-14)10(2)21-15(26)12-8-13(17(18,19)20)23-25(12)3/h4-8,10H,1-3H3,(H,21,26)/t10-/m1/s1. The van der Waals surface area contributed by atoms with Gasteiger partial charge in [0.05, 0.1) is 0 Å². The Kier molecular flexibility index (Phi) is 4.73. The lowest BCUT2D eigenvalue weighted by Gasteiger charge is -2.09. The summed E-state index contributed by atoms with van der Waals surface area (Å²) in [6, 6.07) is 7.47. The summed E-state index contributed by atoms with van der Waals surface area (Å²) < 4.78 is 44.2. The van der Waals surface area contributed by atoms with E-state index in [-0.39, 0.29) is 11.6 Å². The molecule has 1 aromatic carbocycles. The molecule has 0 spiro atoms. The molecule has 10 heteroatoms. The number of carbonyl (C=O) groups excluding carboxylic acids is 1. The van der Waals surface area contributed by atoms with E-state index in [9.17, 15) is 18.0 Å². The van der Waals surface area contributed by atoms with E-state index in [1.165, 1.54) is 7.05 Å². The number of nitrogens with one attached hydrogen (secondary N) is 1. The lowest BCUT2D eigenvalue weighted by atomic mass is 10.1. The smallest absolute Gasteiger partial charge is 0.339 e. The van der Waals surface area contributed by atoms with Crippen LogP contribution in [0.25, 0.3) is 11.4 Å². The van der Waals surface area contributed by atoms with Gasteiger partial charge in [0.25, 0.3) is 5.91 Å². The summed E-state index contributed by atoms with van der Waals surface area (Å²) >= 11 is 0. The predicted octanol–water partition coefficient (Wildman–Crippen LogP) is 3.29. The first-order valence-electron chi connectivity index (χ1n) is 7.98. The molecule has 2 aromatic heterocycles. The molecule has 0 fully saturated rings. The van der Waals surface area contributed by atoms with Crippen molar-refractivity contribution in [1.29, 1.82) is 0 Å². The van der Waals surface area contributed by atoms with Crippen LogP contribution in [0.15, 0.2) is 34.9 Å². The molecule has 0 aliphatic rings. The fourth-order valence-corrected chi connectivity index (χ4v) is 2.46. The normalized spacial score (nSPS) is 12.8. The van der Waals surface area contributed by atoms with E-state index in [1.54, 1.807) is 6.92 Å². The lowest BCUT2D eigenvalue weighted by Crippen LogP contribution is -2.28. The predicted molar refractivity (Wildman–Crippen MR) is 88.6 cm³/mol. The molecule has 1 amide bonds. The topological polar surface area (TPSA) is 85.8 Å². The number of aromatic nitrogens is 4. The molecule has 3 rings (SSSR count). The molecule has 0 bridgehead atoms. The zero-order valence-corrected chi connectivity index (χ0v) is 14.7. The van der Waals surface area contributed by atoms with Crippen LogP contribution in [0, 0.1) is 6.92 Å². The number of hydrogen-bond acceptors (Lipinski definition) is 5. The number of halogens is 3. The Balaban J connectivity index is 1.75. The third kappa shape index (κ3) is 3.99. The minimum absolute atomic E-state index is 0.137. The maximum absolute atomic E-state index is 12.7. The molecule has 3 aromatic rings. The summed E-state index contributed by atoms with van der Waals surface area (Å²) in [6.45, 7) is 3.52. The minimum atomic E-state index is -4.63. The highest BCUT2D eigenvalue weighted by molar-refractivity contribution is 5.92. The second-order valence-corrected chi connectivity index (χ2v) is 6.06. The van der Waals surface area contributed by atoms with Crippen molar-refractivity contribution in [2.45, 2.75) is 26.1 Å². The van der Waals surface area contributed by atoms with Crippen molar-refractivity contribution in [3.63, 3.8) is 0 Å². The van der Waals surface area contributed by atoms with E-state index in [1.807, 2.05) is 31.2 Å². The molecule has 1 N–H and O–H groups in total. The Morgan fingerprint density at radius 1 is 1.30 bits per heavy atom. The molecule has 0 aliphatic carbocycles. The van der Waals surface area contributed by atoms with Crippen molar-refractivity contribution in [3.05, 3.63) is 53.2 Å². The van der Waals surface area contributed by atoms with Crippen LogP contribution >= 0.6 is 0 Å². The average Bonchev–Trinajstić information content (AvgIpc) is 3.21. The fraction of sp³-hybridized carbons (Fsp3) is 0.294. The van der Waals surface area contributed by atoms with Crippen molar-refractivity contribution in [2.24, 2.45) is 7.05 Å². The fourth-order valence-electron chi connectivity index (χ4n) is 2.46. The van der Waals surface area contributed by atoms with Gasteiger partial charge in [-0.1, -0.05) is 28.9 Å². The van der Waals surface area contributed by atoms with E-state index >= 15 is 0 Å². The van der Waals surface area contributed by atoms with E-state index < -0.39 is 23.8 Å². The number of carbonyl (C=O) groups is 1. The number of aryl methyl sites for hydroxylation is 2. The molecule has 1 atom stereocenters. The van der Waals surface area contributed by atoms with E-state index in [0.29, 0.717) is 11.9 Å². The Morgan fingerprint density at radius 3 is 2.67 bits per heavy atom. The SMILES string of the molecule is Cc1cccc(-c2noc([C@@H](C)NC(=O)c3cc(C(F)(F)F)nn3C)n2)c1. The third-order valence-corrected chi connectivity index (χ3v) is 3.84. The van der Waals surface area contributed by atoms with Crippen molar-refractivity contribution < 1.29 is 22.5 Å². The van der Waals surface area contributed by atoms with Crippen LogP contribution in [-0.2, 0) is 13.2 Å². The number of nitrogens with zero attached hydrogens (tertiary/aromatic N) is 4. The molecular formula is C17H16F3N5O2. The Hall–Kier alpha value is -3.17. The van der Waals surface area contributed by atoms with Gasteiger partial charge < -0.3 is 9.84 Å². The van der Waals surface area contributed by atoms with Crippen molar-refractivity contribution in [2.75, 3.05) is 0 Å². The van der Waals surface area contributed by atoms with Crippen molar-refractivity contribution >= 4 is 5.91 Å². The molecule has 27 heavy (non-hydrogen) atoms. The molecule has 7 nitrogen and oxygen atoms in total. The number of benzene rings is 1. The molecule has 0 radical (unpaired) electrons. The van der Waals surface area contributed by atoms with Crippen LogP contribution in [0.1, 0.15) is 40.6 Å². The number of amides is 1. The van der Waals surface area contributed by atoms with Crippen LogP contribution in [0.5, 0.6) is 0 Å². The Bertz CT molecular complexity index is 977. The monoisotopic (exact) mass is 379 g/mol. The second-order valence-electron chi connectivity index (χ2n) is 6.06. The average molecular weight is 379 g/mol. The number of hydrogen-bond donors (Lipinski definition) is 1. The van der Waals surface area contributed by atoms with Crippen LogP contribution in [0.2, 0.25) is 0 Å². The quantitative estimate of drug-likeness (QED) is 0.752. The third-order valence-electron chi connectivity index (χ3n) is 3.84. The summed E-state index contributed by atoms with van der Waals surface area (Å²) in [5.74, 6) is -0.240. The highest BCUT2D eigenvalue weighted by Gasteiger charge is 2.35. The van der Waals surface area contributed by atoms with Crippen LogP contribution < -0.4 is 5.32 Å². The molecule has 2 heterocycles. The van der Waals surface area contributed by atoms with Gasteiger partial charge in [0.15, 0.2) is 5.69 Å². The van der Waals surface area contributed by atoms with Gasteiger partial charge >= 0.3 is 6.18 Å². The highest BCUT2D eigenvalue weighted by Crippen LogP contribution is 2.28. The molecular weight excluding hydrogens is 363 g/mol. The first-order chi connectivity index (χ1) is 12.6. The number of alkyl halides is 3. The van der Waals surface area contributed by atoms with Crippen molar-refractivity contribution in [1.82, 2.24) is 25.2 Å². The van der Waals surface area contributed by atoms with Crippen molar-refractivity contribution in [3.8, 4) is 11.4 Å². The van der Waals surface area contributed by atoms with Gasteiger partial charge in [0.2, 0.25) is 11.7 Å². The highest BCUT2D eigenvalue weighted by atomic mass is 19.4. The molecule has 0 aliphatic heterocycles. The Labute approximate surface area is 152 Å². The van der Waals surface area contributed by atoms with E-state index in [2.05, 4.69) is 20.6 Å². The van der Waals surface area contributed by atoms with Gasteiger partial charge in [0, 0.05) is 18.7 Å². The van der Waals surface area contributed by atoms with Crippen LogP contribution in [-0.4, -0.2) is 25.8 Å². The van der Waals surface area contributed by atoms with Gasteiger partial charge in [0.1, 0.15) is 11.7 Å². The summed E-state index contributed by atoms with van der Waals surface area (Å²) in [5.41, 5.74) is 0.414. The zero-order chi connectivity index (χ0) is 19.8. The second kappa shape index (κ2) is 6.86. The molecule has 0 saturated carbocycles. The first-order valence-corrected chi connectivity index (χ1v) is 7.98. The minimum Gasteiger partial charge on any atom is -0.339 e. The molecule has 0 saturated heterocycles. The maximum Gasteiger partial charge on any atom is 0.435 e. The Morgan fingerprint density at radius 2 is 2.04 bits per heavy atom. The summed E-state index contributed by atoms with van der Waals surface area (Å²) in [5, 5.41) is 9.72. The molecule has 0 unspecified atom stereocenters. The summed E-state index contributed by atoms with van der Waals surface area (Å²) in [6.07, 6.45) is -4.63. The lowest BCUT2D eigenvalue weighted by molar-refractivity contribution is -0.141. The van der Waals surface area contributed by atoms with E-state index in [4.69, 9.17) is 4.52 Å². The van der Waals surface area contributed by atoms with Gasteiger partial charge in [-0.2, -0.15) is 23.3 Å². The van der Waals surface area contributed by atoms with Gasteiger partial charge in [-0.3, -0.25) is 9.48 Å². The summed E-state index contributed by atoms with van der Waals surface area (Å²) in [7, 11) is 1.26. The van der Waals surface area contributed by atoms with Crippen LogP contribution in [0.4, 0.5) is 13.2 Å². The maximum atomic E-state index is 12.7. The summed E-state index contributed by atoms with van der Waals surface area (Å²) in [4.78, 5) is 16.5. The number of rotatable bonds is 4. The van der Waals surface area contributed by atoms with Crippen LogP contribution in [0.3, 0.4) is 0 Å². The van der Waals surface area contributed by atoms with Gasteiger partial charge in [-0.05, 0) is 19.9 Å². The zero-order valence-electron chi connectivity index (χ0n) is 14.7. The van der Waals surface area contributed by atoms with Gasteiger partial charge in [-0.25, -0.2) is 0 Å². The molecule has 142 valence electrons. The largest absolute Gasteiger partial charge is 0.435 e. The van der Waals surface area contributed by atoms with Gasteiger partial charge in [-0.15, -0.1) is 0 Å². The first kappa shape index (κ1) is 18.6.